The molecule has 0 heterocycles. The smallest absolute Gasteiger partial charge is 0.395 e. The molecule has 34 heteroatoms. The summed E-state index contributed by atoms with van der Waals surface area (Å²) < 4.78 is 96.2. The Labute approximate surface area is 312 Å². The second-order valence-electron chi connectivity index (χ2n) is 7.90. The normalized spacial score (nSPS) is 12.6. The summed E-state index contributed by atoms with van der Waals surface area (Å²) in [6.45, 7) is 4.09. The molecule has 49 heavy (non-hydrogen) atoms. The van der Waals surface area contributed by atoms with Crippen LogP contribution in [0.4, 0.5) is 0 Å². The maximum absolute atomic E-state index is 10.8. The Kier molecular flexibility index (Phi) is 28.5. The van der Waals surface area contributed by atoms with E-state index >= 15 is 0 Å². The van der Waals surface area contributed by atoms with Gasteiger partial charge in [-0.3, -0.25) is 34.5 Å². The first-order valence-electron chi connectivity index (χ1n) is 11.8. The number of hydrogen-bond acceptors (Lipinski definition) is 18. The zero-order valence-corrected chi connectivity index (χ0v) is 41.1. The summed E-state index contributed by atoms with van der Waals surface area (Å²) in [5.41, 5.74) is 1.50. The van der Waals surface area contributed by atoms with Crippen molar-refractivity contribution in [3.8, 4) is 11.5 Å². The van der Waals surface area contributed by atoms with Gasteiger partial charge in [0.15, 0.2) is 5.75 Å². The summed E-state index contributed by atoms with van der Waals surface area (Å²) in [6, 6.07) is 14.3. The van der Waals surface area contributed by atoms with Gasteiger partial charge in [0, 0.05) is 81.1 Å². The maximum atomic E-state index is 10.8. The quantitative estimate of drug-likeness (QED) is 0.0469. The predicted octanol–water partition coefficient (Wildman–Crippen LogP) is 12.0. The van der Waals surface area contributed by atoms with E-state index in [1.54, 1.807) is 24.3 Å². The van der Waals surface area contributed by atoms with E-state index in [0.717, 1.165) is 11.1 Å². The van der Waals surface area contributed by atoms with Crippen molar-refractivity contribution < 1.29 is 79.0 Å². The molecule has 0 aliphatic rings. The highest BCUT2D eigenvalue weighted by molar-refractivity contribution is 7.71. The lowest BCUT2D eigenvalue weighted by Gasteiger charge is -2.27. The van der Waals surface area contributed by atoms with Gasteiger partial charge in [-0.1, -0.05) is 38.1 Å². The minimum atomic E-state index is -2.66. The van der Waals surface area contributed by atoms with Crippen molar-refractivity contribution in [1.29, 1.82) is 0 Å². The molecule has 0 radical (unpaired) electrons. The zero-order chi connectivity index (χ0) is 36.2. The summed E-state index contributed by atoms with van der Waals surface area (Å²) in [5.74, 6) is 0.738. The third-order valence-electron chi connectivity index (χ3n) is 4.98. The van der Waals surface area contributed by atoms with E-state index in [4.69, 9.17) is 74.4 Å². The minimum Gasteiger partial charge on any atom is -0.408 e. The van der Waals surface area contributed by atoms with E-state index in [0.29, 0.717) is 5.75 Å². The highest BCUT2D eigenvalue weighted by Gasteiger charge is 2.38. The van der Waals surface area contributed by atoms with Gasteiger partial charge in [-0.25, -0.2) is 30.4 Å². The molecule has 2 rings (SSSR count). The highest BCUT2D eigenvalue weighted by Crippen LogP contribution is 2.74. The molecular weight excluding hydrogens is 964 g/mol. The molecule has 2 aromatic rings. The molecule has 0 fully saturated rings. The van der Waals surface area contributed by atoms with Gasteiger partial charge in [0.2, 0.25) is 0 Å². The van der Waals surface area contributed by atoms with Crippen LogP contribution in [0, 0.1) is 0 Å². The molecule has 2 aromatic carbocycles. The molecule has 0 amide bonds. The average Bonchev–Trinajstić information content (AvgIpc) is 3.12. The van der Waals surface area contributed by atoms with Crippen LogP contribution in [0.15, 0.2) is 48.5 Å². The molecule has 0 bridgehead atoms. The third kappa shape index (κ3) is 18.4. The van der Waals surface area contributed by atoms with Gasteiger partial charge < -0.3 is 9.41 Å². The van der Waals surface area contributed by atoms with Crippen LogP contribution in [0.1, 0.15) is 25.0 Å². The zero-order valence-electron chi connectivity index (χ0n) is 24.7. The Balaban J connectivity index is 2.35. The van der Waals surface area contributed by atoms with Crippen molar-refractivity contribution in [2.45, 2.75) is 19.3 Å². The SMILES string of the molecule is CC(C)(c1ccc(OOP(OP(OP(OP)OP)OP(OP)OP)OP(OP(OP)OP)OP(OP)OP)cc1)c1ccc(OP=O)cc1. The molecule has 0 spiro atoms. The lowest BCUT2D eigenvalue weighted by molar-refractivity contribution is -0.107. The first-order chi connectivity index (χ1) is 23.6. The highest BCUT2D eigenvalue weighted by atomic mass is 31.3. The minimum absolute atomic E-state index is 0.259. The molecule has 278 valence electrons. The van der Waals surface area contributed by atoms with Crippen molar-refractivity contribution in [2.24, 2.45) is 0 Å². The van der Waals surface area contributed by atoms with E-state index in [2.05, 4.69) is 0 Å². The van der Waals surface area contributed by atoms with E-state index in [1.807, 2.05) is 114 Å². The number of hydrogen-bond donors (Lipinski definition) is 0. The van der Waals surface area contributed by atoms with Crippen molar-refractivity contribution in [2.75, 3.05) is 0 Å². The molecule has 0 saturated carbocycles. The van der Waals surface area contributed by atoms with Crippen molar-refractivity contribution in [3.05, 3.63) is 59.7 Å². The average molecular weight is 994 g/mol. The Hall–Kier alpha value is 3.99. The van der Waals surface area contributed by atoms with Gasteiger partial charge in [-0.15, -0.1) is 4.67 Å². The van der Waals surface area contributed by atoms with Crippen LogP contribution < -0.4 is 9.41 Å². The topological polar surface area (TPSA) is 174 Å². The van der Waals surface area contributed by atoms with Gasteiger partial charge in [0.25, 0.3) is 0 Å². The monoisotopic (exact) mass is 994 g/mol. The van der Waals surface area contributed by atoms with E-state index in [-0.39, 0.29) is 5.75 Å². The summed E-state index contributed by atoms with van der Waals surface area (Å²) in [6.07, 6.45) is 0. The predicted molar refractivity (Wildman–Crippen MR) is 216 cm³/mol. The largest absolute Gasteiger partial charge is 0.408 e. The Morgan fingerprint density at radius 1 is 0.469 bits per heavy atom. The molecule has 0 aliphatic carbocycles. The molecule has 18 nitrogen and oxygen atoms in total. The number of benzene rings is 2. The standard InChI is InChI=1S/C15H30O18P16/c1-15(2,12-5-9-14(10-6-12)18-42-16)11-3-7-13(8-4-11)17-19-43(28-48(30-44(20-34)21-35)31-45(22-36)23-37)29-49(32-46(24-38)25-39)33-47(26-40)27-41/h3-10H,34-41H2,1-2H3. The molecule has 8 atom stereocenters. The van der Waals surface area contributed by atoms with Gasteiger partial charge >= 0.3 is 68.9 Å². The van der Waals surface area contributed by atoms with Gasteiger partial charge in [-0.05, 0) is 35.4 Å². The third-order valence-corrected chi connectivity index (χ3v) is 17.4. The van der Waals surface area contributed by atoms with Crippen molar-refractivity contribution in [1.82, 2.24) is 0 Å². The van der Waals surface area contributed by atoms with Crippen LogP contribution in [-0.4, -0.2) is 0 Å². The van der Waals surface area contributed by atoms with Gasteiger partial charge in [-0.2, -0.15) is 0 Å². The molecule has 0 aliphatic heterocycles. The first kappa shape index (κ1) is 49.1. The van der Waals surface area contributed by atoms with E-state index < -0.39 is 74.3 Å². The second-order valence-corrected chi connectivity index (χ2v) is 22.2. The maximum Gasteiger partial charge on any atom is 0.395 e. The van der Waals surface area contributed by atoms with Crippen LogP contribution in [0.3, 0.4) is 0 Å². The Morgan fingerprint density at radius 3 is 1.08 bits per heavy atom. The van der Waals surface area contributed by atoms with E-state index in [9.17, 15) is 4.57 Å². The Morgan fingerprint density at radius 2 is 0.776 bits per heavy atom. The summed E-state index contributed by atoms with van der Waals surface area (Å²) in [7, 11) is -0.213. The lowest BCUT2D eigenvalue weighted by atomic mass is 9.78. The van der Waals surface area contributed by atoms with E-state index in [1.165, 1.54) is 0 Å². The fraction of sp³-hybridized carbons (Fsp3) is 0.200. The van der Waals surface area contributed by atoms with Crippen LogP contribution in [0.25, 0.3) is 0 Å². The lowest BCUT2D eigenvalue weighted by Crippen LogP contribution is -2.18. The Bertz CT molecular complexity index is 1100. The molecule has 8 unspecified atom stereocenters. The van der Waals surface area contributed by atoms with Crippen molar-refractivity contribution in [3.63, 3.8) is 0 Å². The van der Waals surface area contributed by atoms with Crippen molar-refractivity contribution >= 4 is 145 Å². The van der Waals surface area contributed by atoms with Crippen LogP contribution in [0.2, 0.25) is 0 Å². The van der Waals surface area contributed by atoms with Crippen LogP contribution in [0.5, 0.6) is 11.5 Å². The van der Waals surface area contributed by atoms with Crippen LogP contribution in [-0.2, 0) is 75.0 Å². The summed E-state index contributed by atoms with van der Waals surface area (Å²) in [5, 5.41) is 0. The first-order valence-corrected chi connectivity index (χ1v) is 24.0. The van der Waals surface area contributed by atoms with Gasteiger partial charge in [0.1, 0.15) is 5.75 Å². The second kappa shape index (κ2) is 28.4. The molecule has 0 aromatic heterocycles. The number of rotatable bonds is 27. The summed E-state index contributed by atoms with van der Waals surface area (Å²) in [4.78, 5) is 5.59. The molecular formula is C15H30O18P16. The molecule has 0 saturated heterocycles. The fourth-order valence-corrected chi connectivity index (χ4v) is 15.3. The fourth-order valence-electron chi connectivity index (χ4n) is 2.85. The van der Waals surface area contributed by atoms with Gasteiger partial charge in [0.05, 0.1) is 0 Å². The van der Waals surface area contributed by atoms with Crippen LogP contribution >= 0.6 is 145 Å². The molecule has 0 N–H and O–H groups in total. The summed E-state index contributed by atoms with van der Waals surface area (Å²) >= 11 is 0.